The summed E-state index contributed by atoms with van der Waals surface area (Å²) >= 11 is 6.51. The van der Waals surface area contributed by atoms with E-state index in [0.29, 0.717) is 21.7 Å². The second-order valence-electron chi connectivity index (χ2n) is 9.51. The van der Waals surface area contributed by atoms with Crippen LogP contribution in [0.25, 0.3) is 10.8 Å². The van der Waals surface area contributed by atoms with Crippen LogP contribution in [0.1, 0.15) is 32.4 Å². The molecule has 2 saturated heterocycles. The second kappa shape index (κ2) is 7.68. The third-order valence-corrected chi connectivity index (χ3v) is 8.08. The topological polar surface area (TPSA) is 80.8 Å². The number of benzene rings is 4. The lowest BCUT2D eigenvalue weighted by molar-refractivity contribution is -0.127. The van der Waals surface area contributed by atoms with Crippen molar-refractivity contribution in [1.29, 1.82) is 0 Å². The standard InChI is InChI=1S/C30H18ClNO5/c31-21-14-6-5-13-20(21)25-23-24(30(37-25)26(33)18-11-3-4-12-19(18)27(30)34)29(36)32(28(23)35)22-15-7-9-16-8-1-2-10-17(16)22/h1-15,23-25H/t23-,24-,25+/m0/s1. The number of Topliss-reactive ketones (excluding diaryl/α,β-unsaturated/α-hetero) is 2. The Morgan fingerprint density at radius 1 is 0.703 bits per heavy atom. The fourth-order valence-electron chi connectivity index (χ4n) is 6.15. The van der Waals surface area contributed by atoms with Gasteiger partial charge in [-0.25, -0.2) is 4.90 Å². The Balaban J connectivity index is 1.46. The quantitative estimate of drug-likeness (QED) is 0.275. The van der Waals surface area contributed by atoms with E-state index in [4.69, 9.17) is 16.3 Å². The number of fused-ring (bicyclic) bond motifs is 4. The maximum absolute atomic E-state index is 14.2. The van der Waals surface area contributed by atoms with E-state index < -0.39 is 46.9 Å². The fourth-order valence-corrected chi connectivity index (χ4v) is 6.39. The molecule has 7 heteroatoms. The lowest BCUT2D eigenvalue weighted by Gasteiger charge is -2.27. The molecule has 2 amide bonds. The second-order valence-corrected chi connectivity index (χ2v) is 9.92. The summed E-state index contributed by atoms with van der Waals surface area (Å²) in [6.07, 6.45) is -1.06. The number of ether oxygens (including phenoxy) is 1. The predicted octanol–water partition coefficient (Wildman–Crippen LogP) is 5.19. The number of rotatable bonds is 2. The van der Waals surface area contributed by atoms with Crippen LogP contribution in [0, 0.1) is 11.8 Å². The van der Waals surface area contributed by atoms with Gasteiger partial charge >= 0.3 is 0 Å². The van der Waals surface area contributed by atoms with E-state index in [0.717, 1.165) is 10.3 Å². The van der Waals surface area contributed by atoms with E-state index >= 15 is 0 Å². The third-order valence-electron chi connectivity index (χ3n) is 7.74. The van der Waals surface area contributed by atoms with Crippen LogP contribution in [0.15, 0.2) is 91.0 Å². The van der Waals surface area contributed by atoms with Gasteiger partial charge in [0.25, 0.3) is 0 Å². The highest BCUT2D eigenvalue weighted by atomic mass is 35.5. The number of carbonyl (C=O) groups is 4. The summed E-state index contributed by atoms with van der Waals surface area (Å²) in [5.41, 5.74) is -0.895. The van der Waals surface area contributed by atoms with Gasteiger partial charge in [0.2, 0.25) is 29.0 Å². The zero-order valence-corrected chi connectivity index (χ0v) is 20.0. The molecule has 37 heavy (non-hydrogen) atoms. The number of anilines is 1. The molecule has 0 unspecified atom stereocenters. The highest BCUT2D eigenvalue weighted by Crippen LogP contribution is 2.58. The molecule has 0 radical (unpaired) electrons. The average Bonchev–Trinajstić information content (AvgIpc) is 3.48. The summed E-state index contributed by atoms with van der Waals surface area (Å²) < 4.78 is 6.31. The van der Waals surface area contributed by atoms with E-state index in [-0.39, 0.29) is 11.1 Å². The van der Waals surface area contributed by atoms with Gasteiger partial charge in [-0.05, 0) is 17.5 Å². The molecule has 2 aliphatic heterocycles. The molecule has 3 atom stereocenters. The van der Waals surface area contributed by atoms with E-state index in [1.807, 2.05) is 30.3 Å². The number of carbonyl (C=O) groups excluding carboxylic acids is 4. The molecule has 0 N–H and O–H groups in total. The number of halogens is 1. The number of amides is 2. The van der Waals surface area contributed by atoms with Crippen molar-refractivity contribution >= 4 is 51.4 Å². The first-order valence-electron chi connectivity index (χ1n) is 11.9. The molecule has 0 aromatic heterocycles. The van der Waals surface area contributed by atoms with E-state index in [9.17, 15) is 19.2 Å². The highest BCUT2D eigenvalue weighted by Gasteiger charge is 2.75. The van der Waals surface area contributed by atoms with Crippen LogP contribution in [0.4, 0.5) is 5.69 Å². The first-order valence-corrected chi connectivity index (χ1v) is 12.3. The van der Waals surface area contributed by atoms with Crippen LogP contribution in [0.2, 0.25) is 5.02 Å². The molecule has 3 aliphatic rings. The Labute approximate surface area is 216 Å². The molecular formula is C30H18ClNO5. The molecule has 1 aliphatic carbocycles. The van der Waals surface area contributed by atoms with Gasteiger partial charge in [0.15, 0.2) is 0 Å². The van der Waals surface area contributed by atoms with Crippen molar-refractivity contribution < 1.29 is 23.9 Å². The Morgan fingerprint density at radius 3 is 2.05 bits per heavy atom. The molecule has 2 heterocycles. The molecule has 180 valence electrons. The molecule has 0 saturated carbocycles. The SMILES string of the molecule is O=C1[C@@H]2[C@@H](c3ccccc3Cl)OC3(C(=O)c4ccccc4C3=O)[C@@H]2C(=O)N1c1cccc2ccccc12. The van der Waals surface area contributed by atoms with E-state index in [1.54, 1.807) is 60.7 Å². The number of hydrogen-bond acceptors (Lipinski definition) is 5. The smallest absolute Gasteiger partial charge is 0.241 e. The molecule has 7 rings (SSSR count). The van der Waals surface area contributed by atoms with Crippen molar-refractivity contribution in [1.82, 2.24) is 0 Å². The molecule has 6 nitrogen and oxygen atoms in total. The van der Waals surface area contributed by atoms with Crippen molar-refractivity contribution in [3.8, 4) is 0 Å². The molecule has 4 aromatic carbocycles. The van der Waals surface area contributed by atoms with Crippen molar-refractivity contribution in [2.24, 2.45) is 11.8 Å². The predicted molar refractivity (Wildman–Crippen MR) is 137 cm³/mol. The molecule has 1 spiro atoms. The fraction of sp³-hybridized carbons (Fsp3) is 0.133. The normalized spacial score (nSPS) is 23.8. The lowest BCUT2D eigenvalue weighted by atomic mass is 9.77. The van der Waals surface area contributed by atoms with Crippen LogP contribution in [-0.4, -0.2) is 29.0 Å². The number of hydrogen-bond donors (Lipinski definition) is 0. The largest absolute Gasteiger partial charge is 0.349 e. The zero-order chi connectivity index (χ0) is 25.5. The van der Waals surface area contributed by atoms with Crippen LogP contribution >= 0.6 is 11.6 Å². The van der Waals surface area contributed by atoms with Crippen molar-refractivity contribution in [2.45, 2.75) is 11.7 Å². The highest BCUT2D eigenvalue weighted by molar-refractivity contribution is 6.37. The minimum absolute atomic E-state index is 0.190. The summed E-state index contributed by atoms with van der Waals surface area (Å²) in [7, 11) is 0. The summed E-state index contributed by atoms with van der Waals surface area (Å²) in [5, 5.41) is 1.89. The third kappa shape index (κ3) is 2.74. The Bertz CT molecular complexity index is 1650. The van der Waals surface area contributed by atoms with Gasteiger partial charge in [-0.1, -0.05) is 90.5 Å². The van der Waals surface area contributed by atoms with Gasteiger partial charge in [0, 0.05) is 27.1 Å². The van der Waals surface area contributed by atoms with Gasteiger partial charge in [0.05, 0.1) is 23.6 Å². The van der Waals surface area contributed by atoms with Gasteiger partial charge in [-0.2, -0.15) is 0 Å². The van der Waals surface area contributed by atoms with Gasteiger partial charge in [0.1, 0.15) is 0 Å². The van der Waals surface area contributed by atoms with Crippen LogP contribution in [0.5, 0.6) is 0 Å². The Hall–Kier alpha value is -4.13. The summed E-state index contributed by atoms with van der Waals surface area (Å²) in [4.78, 5) is 57.2. The van der Waals surface area contributed by atoms with Gasteiger partial charge < -0.3 is 4.74 Å². The first-order chi connectivity index (χ1) is 17.9. The summed E-state index contributed by atoms with van der Waals surface area (Å²) in [6.45, 7) is 0. The maximum Gasteiger partial charge on any atom is 0.241 e. The first kappa shape index (κ1) is 22.1. The average molecular weight is 508 g/mol. The molecule has 0 bridgehead atoms. The number of nitrogens with zero attached hydrogens (tertiary/aromatic N) is 1. The van der Waals surface area contributed by atoms with Crippen molar-refractivity contribution in [3.63, 3.8) is 0 Å². The minimum atomic E-state index is -2.13. The summed E-state index contributed by atoms with van der Waals surface area (Å²) in [5.74, 6) is -4.78. The molecular weight excluding hydrogens is 490 g/mol. The van der Waals surface area contributed by atoms with E-state index in [1.165, 1.54) is 0 Å². The van der Waals surface area contributed by atoms with Crippen LogP contribution < -0.4 is 4.90 Å². The van der Waals surface area contributed by atoms with Crippen molar-refractivity contribution in [3.05, 3.63) is 113 Å². The van der Waals surface area contributed by atoms with Crippen LogP contribution in [-0.2, 0) is 14.3 Å². The monoisotopic (exact) mass is 507 g/mol. The molecule has 4 aromatic rings. The number of ketones is 2. The van der Waals surface area contributed by atoms with Crippen LogP contribution in [0.3, 0.4) is 0 Å². The van der Waals surface area contributed by atoms with Crippen molar-refractivity contribution in [2.75, 3.05) is 4.90 Å². The van der Waals surface area contributed by atoms with Gasteiger partial charge in [-0.3, -0.25) is 19.2 Å². The number of imide groups is 1. The zero-order valence-electron chi connectivity index (χ0n) is 19.3. The lowest BCUT2D eigenvalue weighted by Crippen LogP contribution is -2.51. The van der Waals surface area contributed by atoms with E-state index in [2.05, 4.69) is 0 Å². The minimum Gasteiger partial charge on any atom is -0.349 e. The Kier molecular flexibility index (Phi) is 4.59. The summed E-state index contributed by atoms with van der Waals surface area (Å²) in [6, 6.07) is 26.0. The molecule has 2 fully saturated rings. The maximum atomic E-state index is 14.2. The van der Waals surface area contributed by atoms with Gasteiger partial charge in [-0.15, -0.1) is 0 Å². The Morgan fingerprint density at radius 2 is 1.32 bits per heavy atom.